The molecule has 11 heavy (non-hydrogen) atoms. The molecule has 0 aromatic heterocycles. The van der Waals surface area contributed by atoms with Gasteiger partial charge in [-0.2, -0.15) is 8.42 Å². The van der Waals surface area contributed by atoms with Crippen LogP contribution in [0.5, 0.6) is 0 Å². The summed E-state index contributed by atoms with van der Waals surface area (Å²) in [6.07, 6.45) is -1.07. The topological polar surface area (TPSA) is 102 Å². The fraction of sp³-hybridized carbons (Fsp3) is 0.333. The highest BCUT2D eigenvalue weighted by atomic mass is 32.2. The zero-order valence-corrected chi connectivity index (χ0v) is 6.21. The average Bonchev–Trinajstić information content (AvgIpc) is 1.85. The van der Waals surface area contributed by atoms with Gasteiger partial charge in [0.2, 0.25) is 0 Å². The van der Waals surface area contributed by atoms with E-state index < -0.39 is 22.6 Å². The normalized spacial score (nSPS) is 8.09. The molecule has 0 heterocycles. The summed E-state index contributed by atoms with van der Waals surface area (Å²) >= 11 is 0. The van der Waals surface area contributed by atoms with Crippen molar-refractivity contribution < 1.29 is 22.7 Å². The van der Waals surface area contributed by atoms with Gasteiger partial charge in [-0.25, -0.2) is 14.9 Å². The van der Waals surface area contributed by atoms with Gasteiger partial charge in [-0.05, 0) is 0 Å². The van der Waals surface area contributed by atoms with Crippen LogP contribution in [0.15, 0.2) is 4.36 Å². The molecule has 0 spiro atoms. The first-order chi connectivity index (χ1) is 5.06. The molecule has 0 aliphatic rings. The van der Waals surface area contributed by atoms with Crippen LogP contribution in [0.1, 0.15) is 0 Å². The van der Waals surface area contributed by atoms with E-state index in [0.717, 1.165) is 7.11 Å². The first-order valence-electron chi connectivity index (χ1n) is 2.26. The molecule has 7 nitrogen and oxygen atoms in total. The van der Waals surface area contributed by atoms with Crippen molar-refractivity contribution in [2.24, 2.45) is 4.36 Å². The first kappa shape index (κ1) is 9.56. The molecule has 0 saturated carbocycles. The van der Waals surface area contributed by atoms with Crippen molar-refractivity contribution in [3.63, 3.8) is 0 Å². The van der Waals surface area contributed by atoms with E-state index >= 15 is 0 Å². The van der Waals surface area contributed by atoms with Crippen LogP contribution >= 0.6 is 0 Å². The van der Waals surface area contributed by atoms with Gasteiger partial charge in [-0.15, -0.1) is 0 Å². The van der Waals surface area contributed by atoms with E-state index in [1.165, 1.54) is 5.32 Å². The Morgan fingerprint density at radius 1 is 1.45 bits per heavy atom. The van der Waals surface area contributed by atoms with E-state index in [2.05, 4.69) is 9.10 Å². The lowest BCUT2D eigenvalue weighted by molar-refractivity contribution is 0.172. The Morgan fingerprint density at radius 2 is 2.00 bits per heavy atom. The standard InChI is InChI=1S/C3H4N2O5S/c1-10-3(7)4-2(6)5-11(8)9/h1H3,(H,4,6,7). The molecule has 0 rings (SSSR count). The Morgan fingerprint density at radius 3 is 2.36 bits per heavy atom. The number of nitrogens with one attached hydrogen (secondary N) is 1. The second-order valence-electron chi connectivity index (χ2n) is 1.23. The number of alkyl carbamates (subject to hydrolysis) is 1. The Bertz CT molecular complexity index is 283. The predicted molar refractivity (Wildman–Crippen MR) is 32.3 cm³/mol. The number of nitrogens with zero attached hydrogens (tertiary/aromatic N) is 1. The minimum Gasteiger partial charge on any atom is -0.453 e. The van der Waals surface area contributed by atoms with Crippen molar-refractivity contribution in [2.45, 2.75) is 0 Å². The Kier molecular flexibility index (Phi) is 3.81. The highest BCUT2D eigenvalue weighted by molar-refractivity contribution is 7.62. The highest BCUT2D eigenvalue weighted by Gasteiger charge is 2.04. The van der Waals surface area contributed by atoms with Crippen molar-refractivity contribution in [1.29, 1.82) is 0 Å². The maximum absolute atomic E-state index is 10.3. The summed E-state index contributed by atoms with van der Waals surface area (Å²) < 4.78 is 25.8. The zero-order valence-electron chi connectivity index (χ0n) is 5.40. The zero-order chi connectivity index (χ0) is 8.85. The summed E-state index contributed by atoms with van der Waals surface area (Å²) in [7, 11) is -1.83. The van der Waals surface area contributed by atoms with E-state index in [4.69, 9.17) is 0 Å². The number of carbonyl (C=O) groups is 2. The molecule has 0 bridgehead atoms. The van der Waals surface area contributed by atoms with Crippen LogP contribution in [-0.2, 0) is 15.2 Å². The molecule has 0 aliphatic heterocycles. The summed E-state index contributed by atoms with van der Waals surface area (Å²) in [5.74, 6) is 0. The maximum Gasteiger partial charge on any atom is 0.415 e. The van der Waals surface area contributed by atoms with Gasteiger partial charge < -0.3 is 4.74 Å². The van der Waals surface area contributed by atoms with E-state index in [-0.39, 0.29) is 0 Å². The van der Waals surface area contributed by atoms with E-state index in [1.807, 2.05) is 0 Å². The molecule has 0 unspecified atom stereocenters. The number of methoxy groups -OCH3 is 1. The Balaban J connectivity index is 4.10. The number of imide groups is 1. The molecule has 0 fully saturated rings. The second kappa shape index (κ2) is 4.39. The summed E-state index contributed by atoms with van der Waals surface area (Å²) in [6, 6.07) is -1.29. The predicted octanol–water partition coefficient (Wildman–Crippen LogP) is -0.475. The van der Waals surface area contributed by atoms with Crippen LogP contribution in [0.2, 0.25) is 0 Å². The summed E-state index contributed by atoms with van der Waals surface area (Å²) in [5.41, 5.74) is 0. The van der Waals surface area contributed by atoms with Crippen LogP contribution < -0.4 is 5.32 Å². The first-order valence-corrected chi connectivity index (χ1v) is 3.29. The third-order valence-electron chi connectivity index (χ3n) is 0.552. The number of hydrogen-bond acceptors (Lipinski definition) is 5. The van der Waals surface area contributed by atoms with Gasteiger partial charge in [0, 0.05) is 0 Å². The smallest absolute Gasteiger partial charge is 0.415 e. The van der Waals surface area contributed by atoms with Gasteiger partial charge in [0.15, 0.2) is 0 Å². The molecular formula is C3H4N2O5S. The lowest BCUT2D eigenvalue weighted by Crippen LogP contribution is -2.27. The molecule has 0 aromatic rings. The van der Waals surface area contributed by atoms with Crippen LogP contribution in [-0.4, -0.2) is 27.7 Å². The number of urea groups is 1. The van der Waals surface area contributed by atoms with Gasteiger partial charge in [-0.1, -0.05) is 4.36 Å². The molecule has 0 radical (unpaired) electrons. The number of amides is 3. The van der Waals surface area contributed by atoms with Gasteiger partial charge in [0.25, 0.3) is 0 Å². The van der Waals surface area contributed by atoms with Gasteiger partial charge >= 0.3 is 22.6 Å². The van der Waals surface area contributed by atoms with Crippen molar-refractivity contribution in [1.82, 2.24) is 5.32 Å². The molecule has 3 amide bonds. The molecule has 62 valence electrons. The summed E-state index contributed by atoms with van der Waals surface area (Å²) in [4.78, 5) is 20.4. The lowest BCUT2D eigenvalue weighted by Gasteiger charge is -1.93. The van der Waals surface area contributed by atoms with Crippen molar-refractivity contribution in [3.8, 4) is 0 Å². The van der Waals surface area contributed by atoms with Crippen LogP contribution in [0.4, 0.5) is 9.59 Å². The molecule has 1 N–H and O–H groups in total. The van der Waals surface area contributed by atoms with Crippen LogP contribution in [0.25, 0.3) is 0 Å². The number of carbonyl (C=O) groups excluding carboxylic acids is 2. The largest absolute Gasteiger partial charge is 0.453 e. The highest BCUT2D eigenvalue weighted by Crippen LogP contribution is 1.75. The van der Waals surface area contributed by atoms with Gasteiger partial charge in [0.1, 0.15) is 0 Å². The molecule has 0 aliphatic carbocycles. The average molecular weight is 180 g/mol. The molecular weight excluding hydrogens is 176 g/mol. The molecule has 0 atom stereocenters. The fourth-order valence-electron chi connectivity index (χ4n) is 0.229. The number of hydrogen-bond donors (Lipinski definition) is 1. The quantitative estimate of drug-likeness (QED) is 0.542. The molecule has 8 heteroatoms. The van der Waals surface area contributed by atoms with E-state index in [1.54, 1.807) is 0 Å². The Hall–Kier alpha value is -1.44. The number of rotatable bonds is 0. The van der Waals surface area contributed by atoms with E-state index in [9.17, 15) is 18.0 Å². The van der Waals surface area contributed by atoms with Crippen molar-refractivity contribution >= 4 is 22.6 Å². The molecule has 0 aromatic carbocycles. The molecule has 0 saturated heterocycles. The Labute approximate surface area is 63.0 Å². The van der Waals surface area contributed by atoms with Crippen LogP contribution in [0.3, 0.4) is 0 Å². The summed E-state index contributed by atoms with van der Waals surface area (Å²) in [6.45, 7) is 0. The monoisotopic (exact) mass is 180 g/mol. The second-order valence-corrected chi connectivity index (χ2v) is 1.85. The lowest BCUT2D eigenvalue weighted by atomic mass is 11.0. The number of ether oxygens (including phenoxy) is 1. The third-order valence-corrected chi connectivity index (χ3v) is 0.867. The van der Waals surface area contributed by atoms with Crippen molar-refractivity contribution in [3.05, 3.63) is 0 Å². The van der Waals surface area contributed by atoms with Crippen molar-refractivity contribution in [2.75, 3.05) is 7.11 Å². The fourth-order valence-corrected chi connectivity index (χ4v) is 0.410. The summed E-state index contributed by atoms with van der Waals surface area (Å²) in [5, 5.41) is 1.50. The van der Waals surface area contributed by atoms with Gasteiger partial charge in [0.05, 0.1) is 7.11 Å². The maximum atomic E-state index is 10.3. The van der Waals surface area contributed by atoms with E-state index in [0.29, 0.717) is 0 Å². The SMILES string of the molecule is COC(=O)NC(=O)N=S(=O)=O. The van der Waals surface area contributed by atoms with Crippen LogP contribution in [0, 0.1) is 0 Å². The minimum atomic E-state index is -2.86. The minimum absolute atomic E-state index is 1.02. The van der Waals surface area contributed by atoms with Gasteiger partial charge in [-0.3, -0.25) is 0 Å². The third kappa shape index (κ3) is 5.03.